The lowest BCUT2D eigenvalue weighted by Gasteiger charge is -2.21. The van der Waals surface area contributed by atoms with Crippen LogP contribution in [0.15, 0.2) is 27.7 Å². The Hall–Kier alpha value is -1.43. The zero-order chi connectivity index (χ0) is 14.2. The van der Waals surface area contributed by atoms with Crippen LogP contribution in [0.5, 0.6) is 0 Å². The van der Waals surface area contributed by atoms with Crippen LogP contribution >= 0.6 is 15.9 Å². The molecule has 6 heteroatoms. The molecule has 0 fully saturated rings. The maximum absolute atomic E-state index is 13.5. The zero-order valence-corrected chi connectivity index (χ0v) is 12.5. The van der Waals surface area contributed by atoms with Gasteiger partial charge in [-0.25, -0.2) is 9.38 Å². The van der Waals surface area contributed by atoms with Crippen molar-refractivity contribution in [2.45, 2.75) is 32.4 Å². The van der Waals surface area contributed by atoms with Crippen LogP contribution in [0.3, 0.4) is 0 Å². The predicted octanol–water partition coefficient (Wildman–Crippen LogP) is 2.50. The summed E-state index contributed by atoms with van der Waals surface area (Å²) in [5, 5.41) is 5.75. The fourth-order valence-electron chi connectivity index (χ4n) is 1.73. The Labute approximate surface area is 119 Å². The topological polar surface area (TPSA) is 53.5 Å². The third kappa shape index (κ3) is 3.32. The van der Waals surface area contributed by atoms with Crippen molar-refractivity contribution < 1.29 is 9.18 Å². The standard InChI is InChI=1S/C13H15BrFN3O/c1-13(2,3)18-12-16-10(11(19)17-12)7-4-5-8(14)9(15)6-7/h4-6,10H,1-3H3,(H2,16,17,18,19). The van der Waals surface area contributed by atoms with Gasteiger partial charge in [-0.05, 0) is 54.4 Å². The minimum Gasteiger partial charge on any atom is -0.351 e. The van der Waals surface area contributed by atoms with Gasteiger partial charge in [0, 0.05) is 5.54 Å². The summed E-state index contributed by atoms with van der Waals surface area (Å²) in [6.07, 6.45) is 0. The highest BCUT2D eigenvalue weighted by Gasteiger charge is 2.29. The monoisotopic (exact) mass is 327 g/mol. The highest BCUT2D eigenvalue weighted by atomic mass is 79.9. The lowest BCUT2D eigenvalue weighted by Crippen LogP contribution is -2.46. The Morgan fingerprint density at radius 3 is 2.68 bits per heavy atom. The molecule has 19 heavy (non-hydrogen) atoms. The average Bonchev–Trinajstić information content (AvgIpc) is 2.61. The Bertz CT molecular complexity index is 551. The van der Waals surface area contributed by atoms with E-state index in [9.17, 15) is 9.18 Å². The average molecular weight is 328 g/mol. The zero-order valence-electron chi connectivity index (χ0n) is 10.9. The third-order valence-corrected chi connectivity index (χ3v) is 3.14. The molecule has 0 saturated carbocycles. The first-order valence-corrected chi connectivity index (χ1v) is 6.67. The molecule has 1 heterocycles. The van der Waals surface area contributed by atoms with Gasteiger partial charge in [-0.15, -0.1) is 0 Å². The van der Waals surface area contributed by atoms with Crippen LogP contribution in [0.25, 0.3) is 0 Å². The van der Waals surface area contributed by atoms with E-state index in [-0.39, 0.29) is 11.4 Å². The molecular weight excluding hydrogens is 313 g/mol. The van der Waals surface area contributed by atoms with E-state index >= 15 is 0 Å². The second kappa shape index (κ2) is 4.92. The molecule has 1 amide bonds. The summed E-state index contributed by atoms with van der Waals surface area (Å²) in [7, 11) is 0. The first-order chi connectivity index (χ1) is 8.76. The summed E-state index contributed by atoms with van der Waals surface area (Å²) in [5.74, 6) is -0.239. The van der Waals surface area contributed by atoms with Crippen molar-refractivity contribution >= 4 is 27.8 Å². The van der Waals surface area contributed by atoms with Gasteiger partial charge in [0.15, 0.2) is 12.0 Å². The summed E-state index contributed by atoms with van der Waals surface area (Å²) in [6.45, 7) is 5.90. The number of rotatable bonds is 1. The summed E-state index contributed by atoms with van der Waals surface area (Å²) in [4.78, 5) is 16.1. The van der Waals surface area contributed by atoms with E-state index in [1.165, 1.54) is 6.07 Å². The van der Waals surface area contributed by atoms with Crippen molar-refractivity contribution in [3.05, 3.63) is 34.1 Å². The van der Waals surface area contributed by atoms with E-state index in [1.54, 1.807) is 12.1 Å². The first-order valence-electron chi connectivity index (χ1n) is 5.88. The molecule has 102 valence electrons. The van der Waals surface area contributed by atoms with E-state index in [0.717, 1.165) is 0 Å². The lowest BCUT2D eigenvalue weighted by molar-refractivity contribution is -0.120. The molecule has 0 spiro atoms. The largest absolute Gasteiger partial charge is 0.351 e. The number of hydrogen-bond acceptors (Lipinski definition) is 3. The molecule has 1 aromatic rings. The van der Waals surface area contributed by atoms with Gasteiger partial charge in [-0.2, -0.15) is 0 Å². The second-order valence-corrected chi connectivity index (χ2v) is 6.27. The van der Waals surface area contributed by atoms with Crippen LogP contribution in [-0.2, 0) is 4.79 Å². The number of hydrogen-bond donors (Lipinski definition) is 2. The summed E-state index contributed by atoms with van der Waals surface area (Å²) < 4.78 is 13.9. The number of carbonyl (C=O) groups is 1. The molecule has 0 aromatic heterocycles. The predicted molar refractivity (Wildman–Crippen MR) is 75.3 cm³/mol. The van der Waals surface area contributed by atoms with Crippen LogP contribution < -0.4 is 10.6 Å². The quantitative estimate of drug-likeness (QED) is 0.832. The molecule has 0 saturated heterocycles. The van der Waals surface area contributed by atoms with Gasteiger partial charge in [0.1, 0.15) is 5.82 Å². The minimum atomic E-state index is -0.701. The third-order valence-electron chi connectivity index (χ3n) is 2.50. The Morgan fingerprint density at radius 1 is 1.42 bits per heavy atom. The molecule has 2 rings (SSSR count). The van der Waals surface area contributed by atoms with Crippen molar-refractivity contribution in [2.75, 3.05) is 0 Å². The SMILES string of the molecule is CC(C)(C)NC1=NC(c2ccc(Br)c(F)c2)C(=O)N1. The lowest BCUT2D eigenvalue weighted by atomic mass is 10.1. The number of halogens is 2. The van der Waals surface area contributed by atoms with Gasteiger partial charge in [0.05, 0.1) is 4.47 Å². The normalized spacial score (nSPS) is 19.1. The van der Waals surface area contributed by atoms with Crippen molar-refractivity contribution in [3.8, 4) is 0 Å². The second-order valence-electron chi connectivity index (χ2n) is 5.42. The minimum absolute atomic E-state index is 0.202. The highest BCUT2D eigenvalue weighted by Crippen LogP contribution is 2.25. The number of nitrogens with zero attached hydrogens (tertiary/aromatic N) is 1. The molecule has 1 aliphatic rings. The fourth-order valence-corrected chi connectivity index (χ4v) is 1.98. The van der Waals surface area contributed by atoms with Crippen LogP contribution in [0, 0.1) is 5.82 Å². The molecular formula is C13H15BrFN3O. The summed E-state index contributed by atoms with van der Waals surface area (Å²) >= 11 is 3.08. The van der Waals surface area contributed by atoms with Crippen LogP contribution in [0.4, 0.5) is 4.39 Å². The maximum Gasteiger partial charge on any atom is 0.256 e. The van der Waals surface area contributed by atoms with Gasteiger partial charge in [0.25, 0.3) is 5.91 Å². The number of nitrogens with one attached hydrogen (secondary N) is 2. The molecule has 1 unspecified atom stereocenters. The van der Waals surface area contributed by atoms with E-state index < -0.39 is 11.9 Å². The number of carbonyl (C=O) groups excluding carboxylic acids is 1. The molecule has 0 aliphatic carbocycles. The van der Waals surface area contributed by atoms with E-state index in [4.69, 9.17) is 0 Å². The Kier molecular flexibility index (Phi) is 3.62. The van der Waals surface area contributed by atoms with Crippen LogP contribution in [-0.4, -0.2) is 17.4 Å². The van der Waals surface area contributed by atoms with Crippen molar-refractivity contribution in [2.24, 2.45) is 4.99 Å². The summed E-state index contributed by atoms with van der Waals surface area (Å²) in [6, 6.07) is 3.87. The van der Waals surface area contributed by atoms with Crippen LogP contribution in [0.1, 0.15) is 32.4 Å². The van der Waals surface area contributed by atoms with Crippen molar-refractivity contribution in [1.82, 2.24) is 10.6 Å². The first kappa shape index (κ1) is 14.0. The van der Waals surface area contributed by atoms with Crippen molar-refractivity contribution in [3.63, 3.8) is 0 Å². The molecule has 1 atom stereocenters. The summed E-state index contributed by atoms with van der Waals surface area (Å²) in [5.41, 5.74) is 0.329. The van der Waals surface area contributed by atoms with Gasteiger partial charge < -0.3 is 5.32 Å². The molecule has 1 aliphatic heterocycles. The van der Waals surface area contributed by atoms with E-state index in [2.05, 4.69) is 31.6 Å². The maximum atomic E-state index is 13.5. The number of aliphatic imine (C=N–C) groups is 1. The van der Waals surface area contributed by atoms with E-state index in [0.29, 0.717) is 16.0 Å². The molecule has 0 radical (unpaired) electrons. The fraction of sp³-hybridized carbons (Fsp3) is 0.385. The van der Waals surface area contributed by atoms with Gasteiger partial charge in [-0.1, -0.05) is 6.07 Å². The van der Waals surface area contributed by atoms with Crippen LogP contribution in [0.2, 0.25) is 0 Å². The Balaban J connectivity index is 2.25. The molecule has 2 N–H and O–H groups in total. The smallest absolute Gasteiger partial charge is 0.256 e. The van der Waals surface area contributed by atoms with Crippen molar-refractivity contribution in [1.29, 1.82) is 0 Å². The van der Waals surface area contributed by atoms with Gasteiger partial charge in [0.2, 0.25) is 0 Å². The van der Waals surface area contributed by atoms with Gasteiger partial charge in [-0.3, -0.25) is 10.1 Å². The van der Waals surface area contributed by atoms with Gasteiger partial charge >= 0.3 is 0 Å². The highest BCUT2D eigenvalue weighted by molar-refractivity contribution is 9.10. The number of benzene rings is 1. The number of guanidine groups is 1. The molecule has 4 nitrogen and oxygen atoms in total. The molecule has 0 bridgehead atoms. The van der Waals surface area contributed by atoms with E-state index in [1.807, 2.05) is 20.8 Å². The Morgan fingerprint density at radius 2 is 2.11 bits per heavy atom. The molecule has 1 aromatic carbocycles. The number of amides is 1.